The molecule has 2 heterocycles. The van der Waals surface area contributed by atoms with Gasteiger partial charge in [-0.15, -0.1) is 0 Å². The highest BCUT2D eigenvalue weighted by Crippen LogP contribution is 2.20. The molecular weight excluding hydrogens is 354 g/mol. The summed E-state index contributed by atoms with van der Waals surface area (Å²) in [5, 5.41) is 3.07. The number of carbonyl (C=O) groups excluding carboxylic acids is 2. The normalized spacial score (nSPS) is 14.9. The molecule has 6 nitrogen and oxygen atoms in total. The van der Waals surface area contributed by atoms with E-state index in [1.165, 1.54) is 6.42 Å². The number of oxazole rings is 1. The molecule has 0 atom stereocenters. The molecule has 1 amide bonds. The van der Waals surface area contributed by atoms with Gasteiger partial charge in [0.25, 0.3) is 5.91 Å². The number of para-hydroxylation sites is 2. The lowest BCUT2D eigenvalue weighted by molar-refractivity contribution is -0.103. The number of nitrogens with zero attached hydrogens (tertiary/aromatic N) is 2. The zero-order valence-corrected chi connectivity index (χ0v) is 15.4. The first-order valence-corrected chi connectivity index (χ1v) is 9.42. The second-order valence-corrected chi connectivity index (χ2v) is 6.78. The maximum absolute atomic E-state index is 12.5. The number of aromatic nitrogens is 1. The summed E-state index contributed by atoms with van der Waals surface area (Å²) in [5.74, 6) is 0.336. The fourth-order valence-corrected chi connectivity index (χ4v) is 3.29. The molecular formula is C22H21N3O3. The maximum Gasteiger partial charge on any atom is 0.253 e. The number of nitrogens with one attached hydrogen (secondary N) is 1. The minimum absolute atomic E-state index is 0.0712. The van der Waals surface area contributed by atoms with Crippen LogP contribution in [0.2, 0.25) is 0 Å². The lowest BCUT2D eigenvalue weighted by atomic mass is 10.1. The summed E-state index contributed by atoms with van der Waals surface area (Å²) >= 11 is 0. The van der Waals surface area contributed by atoms with Crippen LogP contribution in [0, 0.1) is 0 Å². The monoisotopic (exact) mass is 375 g/mol. The van der Waals surface area contributed by atoms with Gasteiger partial charge in [0.15, 0.2) is 11.9 Å². The van der Waals surface area contributed by atoms with Gasteiger partial charge in [0.2, 0.25) is 5.89 Å². The van der Waals surface area contributed by atoms with Crippen molar-refractivity contribution in [3.05, 3.63) is 66.2 Å². The fourth-order valence-electron chi connectivity index (χ4n) is 3.29. The lowest BCUT2D eigenvalue weighted by Crippen LogP contribution is -2.35. The predicted octanol–water partition coefficient (Wildman–Crippen LogP) is 4.11. The average molecular weight is 375 g/mol. The molecule has 1 aliphatic heterocycles. The van der Waals surface area contributed by atoms with E-state index in [0.29, 0.717) is 28.5 Å². The Labute approximate surface area is 162 Å². The summed E-state index contributed by atoms with van der Waals surface area (Å²) in [6.07, 6.45) is 5.59. The van der Waals surface area contributed by atoms with Crippen molar-refractivity contribution in [3.8, 4) is 0 Å². The van der Waals surface area contributed by atoms with Crippen molar-refractivity contribution in [1.29, 1.82) is 0 Å². The quantitative estimate of drug-likeness (QED) is 0.537. The number of aldehydes is 1. The second-order valence-electron chi connectivity index (χ2n) is 6.78. The zero-order valence-electron chi connectivity index (χ0n) is 15.4. The molecule has 142 valence electrons. The molecule has 0 bridgehead atoms. The third-order valence-corrected chi connectivity index (χ3v) is 4.84. The van der Waals surface area contributed by atoms with Gasteiger partial charge in [-0.2, -0.15) is 0 Å². The Balaban J connectivity index is 1.47. The number of piperidine rings is 1. The second kappa shape index (κ2) is 8.08. The highest BCUT2D eigenvalue weighted by atomic mass is 16.3. The number of likely N-dealkylation sites (tertiary alicyclic amines) is 1. The van der Waals surface area contributed by atoms with E-state index in [2.05, 4.69) is 10.3 Å². The van der Waals surface area contributed by atoms with Gasteiger partial charge in [-0.05, 0) is 55.7 Å². The molecule has 6 heteroatoms. The Kier molecular flexibility index (Phi) is 5.19. The topological polar surface area (TPSA) is 75.4 Å². The molecule has 0 radical (unpaired) electrons. The van der Waals surface area contributed by atoms with Crippen LogP contribution in [0.25, 0.3) is 16.7 Å². The van der Waals surface area contributed by atoms with Crippen molar-refractivity contribution in [2.24, 2.45) is 0 Å². The standard InChI is InChI=1S/C22H21N3O3/c26-15-17(21-24-19-6-2-3-7-20(19)28-21)14-23-18-10-8-16(9-11-18)22(27)25-12-4-1-5-13-25/h2-3,6-11,14-15,23H,1,4-5,12-13H2/b17-14-. The number of benzene rings is 2. The van der Waals surface area contributed by atoms with E-state index in [9.17, 15) is 9.59 Å². The number of hydrogen-bond donors (Lipinski definition) is 1. The Morgan fingerprint density at radius 1 is 1.04 bits per heavy atom. The van der Waals surface area contributed by atoms with Gasteiger partial charge in [0.1, 0.15) is 5.52 Å². The first-order chi connectivity index (χ1) is 13.7. The summed E-state index contributed by atoms with van der Waals surface area (Å²) in [5.41, 5.74) is 3.08. The van der Waals surface area contributed by atoms with E-state index in [-0.39, 0.29) is 11.8 Å². The largest absolute Gasteiger partial charge is 0.436 e. The van der Waals surface area contributed by atoms with Crippen LogP contribution in [-0.2, 0) is 4.79 Å². The van der Waals surface area contributed by atoms with Gasteiger partial charge >= 0.3 is 0 Å². The highest BCUT2D eigenvalue weighted by Gasteiger charge is 2.17. The molecule has 0 aliphatic carbocycles. The molecule has 1 N–H and O–H groups in total. The Hall–Kier alpha value is -3.41. The summed E-state index contributed by atoms with van der Waals surface area (Å²) < 4.78 is 5.63. The van der Waals surface area contributed by atoms with E-state index in [4.69, 9.17) is 4.42 Å². The Bertz CT molecular complexity index is 982. The van der Waals surface area contributed by atoms with Gasteiger partial charge in [0.05, 0.1) is 5.57 Å². The van der Waals surface area contributed by atoms with Crippen LogP contribution in [0.15, 0.2) is 59.1 Å². The van der Waals surface area contributed by atoms with Crippen LogP contribution < -0.4 is 5.32 Å². The Morgan fingerprint density at radius 3 is 2.50 bits per heavy atom. The van der Waals surface area contributed by atoms with Crippen LogP contribution >= 0.6 is 0 Å². The molecule has 0 saturated carbocycles. The van der Waals surface area contributed by atoms with Crippen molar-refractivity contribution in [2.45, 2.75) is 19.3 Å². The van der Waals surface area contributed by atoms with Crippen LogP contribution in [0.4, 0.5) is 5.69 Å². The van der Waals surface area contributed by atoms with E-state index < -0.39 is 0 Å². The SMILES string of the molecule is O=C/C(=C/Nc1ccc(C(=O)N2CCCCC2)cc1)c1nc2ccccc2o1. The number of rotatable bonds is 5. The predicted molar refractivity (Wildman–Crippen MR) is 108 cm³/mol. The number of amides is 1. The summed E-state index contributed by atoms with van der Waals surface area (Å²) in [6.45, 7) is 1.66. The van der Waals surface area contributed by atoms with Crippen molar-refractivity contribution in [3.63, 3.8) is 0 Å². The van der Waals surface area contributed by atoms with Crippen molar-refractivity contribution in [1.82, 2.24) is 9.88 Å². The van der Waals surface area contributed by atoms with Crippen LogP contribution in [-0.4, -0.2) is 35.2 Å². The number of anilines is 1. The molecule has 0 spiro atoms. The third-order valence-electron chi connectivity index (χ3n) is 4.84. The third kappa shape index (κ3) is 3.81. The van der Waals surface area contributed by atoms with Crippen LogP contribution in [0.1, 0.15) is 35.5 Å². The van der Waals surface area contributed by atoms with Crippen molar-refractivity contribution >= 4 is 34.6 Å². The van der Waals surface area contributed by atoms with Gasteiger partial charge < -0.3 is 14.6 Å². The molecule has 1 saturated heterocycles. The number of allylic oxidation sites excluding steroid dienone is 1. The van der Waals surface area contributed by atoms with E-state index >= 15 is 0 Å². The van der Waals surface area contributed by atoms with Crippen molar-refractivity contribution < 1.29 is 14.0 Å². The summed E-state index contributed by atoms with van der Waals surface area (Å²) in [7, 11) is 0. The van der Waals surface area contributed by atoms with E-state index in [1.54, 1.807) is 24.4 Å². The molecule has 28 heavy (non-hydrogen) atoms. The van der Waals surface area contributed by atoms with Gasteiger partial charge in [-0.1, -0.05) is 12.1 Å². The minimum Gasteiger partial charge on any atom is -0.436 e. The number of fused-ring (bicyclic) bond motifs is 1. The van der Waals surface area contributed by atoms with Gasteiger partial charge in [-0.25, -0.2) is 4.98 Å². The molecule has 0 unspecified atom stereocenters. The van der Waals surface area contributed by atoms with E-state index in [1.807, 2.05) is 35.2 Å². The molecule has 4 rings (SSSR count). The minimum atomic E-state index is 0.0712. The molecule has 2 aromatic carbocycles. The summed E-state index contributed by atoms with van der Waals surface area (Å²) in [4.78, 5) is 30.2. The van der Waals surface area contributed by atoms with Gasteiger partial charge in [-0.3, -0.25) is 9.59 Å². The summed E-state index contributed by atoms with van der Waals surface area (Å²) in [6, 6.07) is 14.6. The molecule has 1 fully saturated rings. The first kappa shape index (κ1) is 18.0. The van der Waals surface area contributed by atoms with E-state index in [0.717, 1.165) is 31.6 Å². The molecule has 1 aliphatic rings. The molecule has 1 aromatic heterocycles. The maximum atomic E-state index is 12.5. The zero-order chi connectivity index (χ0) is 19.3. The van der Waals surface area contributed by atoms with Crippen LogP contribution in [0.3, 0.4) is 0 Å². The first-order valence-electron chi connectivity index (χ1n) is 9.42. The van der Waals surface area contributed by atoms with Crippen LogP contribution in [0.5, 0.6) is 0 Å². The highest BCUT2D eigenvalue weighted by molar-refractivity contribution is 6.06. The average Bonchev–Trinajstić information content (AvgIpc) is 3.19. The number of hydrogen-bond acceptors (Lipinski definition) is 5. The number of carbonyl (C=O) groups is 2. The molecule has 3 aromatic rings. The smallest absolute Gasteiger partial charge is 0.253 e. The Morgan fingerprint density at radius 2 is 1.79 bits per heavy atom. The lowest BCUT2D eigenvalue weighted by Gasteiger charge is -2.26. The fraction of sp³-hybridized carbons (Fsp3) is 0.227. The van der Waals surface area contributed by atoms with Crippen molar-refractivity contribution in [2.75, 3.05) is 18.4 Å². The van der Waals surface area contributed by atoms with Gasteiger partial charge in [0, 0.05) is 30.5 Å².